The van der Waals surface area contributed by atoms with E-state index in [1.54, 1.807) is 30.3 Å². The van der Waals surface area contributed by atoms with Gasteiger partial charge in [-0.3, -0.25) is 4.79 Å². The van der Waals surface area contributed by atoms with Gasteiger partial charge in [0.25, 0.3) is 0 Å². The normalized spacial score (nSPS) is 11.1. The molecule has 0 heterocycles. The van der Waals surface area contributed by atoms with Gasteiger partial charge in [0, 0.05) is 5.57 Å². The van der Waals surface area contributed by atoms with E-state index in [-0.39, 0.29) is 5.57 Å². The maximum Gasteiger partial charge on any atom is 0.481 e. The Balaban J connectivity index is 3.08. The SMILES string of the molecule is NC(=O)C(=CB(O)O)c1ccccc1. The maximum atomic E-state index is 11.0. The summed E-state index contributed by atoms with van der Waals surface area (Å²) in [6, 6.07) is 8.58. The van der Waals surface area contributed by atoms with Crippen LogP contribution < -0.4 is 5.73 Å². The van der Waals surface area contributed by atoms with E-state index in [1.165, 1.54) is 0 Å². The van der Waals surface area contributed by atoms with E-state index in [2.05, 4.69) is 0 Å². The Morgan fingerprint density at radius 2 is 1.86 bits per heavy atom. The Bertz CT molecular complexity index is 348. The van der Waals surface area contributed by atoms with Crippen molar-refractivity contribution in [3.05, 3.63) is 41.9 Å². The maximum absolute atomic E-state index is 11.0. The van der Waals surface area contributed by atoms with E-state index in [4.69, 9.17) is 15.8 Å². The second-order valence-corrected chi connectivity index (χ2v) is 2.72. The minimum absolute atomic E-state index is 0.0978. The quantitative estimate of drug-likeness (QED) is 0.447. The van der Waals surface area contributed by atoms with Gasteiger partial charge in [0.05, 0.1) is 0 Å². The van der Waals surface area contributed by atoms with Crippen LogP contribution in [-0.4, -0.2) is 23.1 Å². The topological polar surface area (TPSA) is 83.6 Å². The van der Waals surface area contributed by atoms with Crippen LogP contribution in [0.4, 0.5) is 0 Å². The fourth-order valence-corrected chi connectivity index (χ4v) is 1.09. The molecule has 1 aromatic rings. The number of nitrogens with two attached hydrogens (primary N) is 1. The van der Waals surface area contributed by atoms with Crippen molar-refractivity contribution in [2.45, 2.75) is 0 Å². The number of amides is 1. The Morgan fingerprint density at radius 1 is 1.29 bits per heavy atom. The van der Waals surface area contributed by atoms with Gasteiger partial charge in [-0.2, -0.15) is 0 Å². The Hall–Kier alpha value is -1.59. The van der Waals surface area contributed by atoms with Crippen LogP contribution in [-0.2, 0) is 4.79 Å². The van der Waals surface area contributed by atoms with Crippen molar-refractivity contribution >= 4 is 18.6 Å². The molecule has 0 aliphatic carbocycles. The smallest absolute Gasteiger partial charge is 0.424 e. The molecular formula is C9H10BNO3. The molecule has 0 radical (unpaired) electrons. The molecule has 4 nitrogen and oxygen atoms in total. The van der Waals surface area contributed by atoms with E-state index < -0.39 is 13.0 Å². The lowest BCUT2D eigenvalue weighted by atomic mass is 9.86. The molecule has 0 aliphatic rings. The van der Waals surface area contributed by atoms with Crippen LogP contribution in [0.25, 0.3) is 5.57 Å². The van der Waals surface area contributed by atoms with Crippen LogP contribution in [0.5, 0.6) is 0 Å². The molecule has 0 unspecified atom stereocenters. The third-order valence-electron chi connectivity index (χ3n) is 1.67. The number of hydrogen-bond acceptors (Lipinski definition) is 3. The van der Waals surface area contributed by atoms with Crippen molar-refractivity contribution in [3.63, 3.8) is 0 Å². The van der Waals surface area contributed by atoms with Gasteiger partial charge < -0.3 is 15.8 Å². The van der Waals surface area contributed by atoms with Crippen LogP contribution in [0, 0.1) is 0 Å². The first kappa shape index (κ1) is 10.5. The van der Waals surface area contributed by atoms with Gasteiger partial charge in [-0.05, 0) is 11.5 Å². The van der Waals surface area contributed by atoms with Crippen LogP contribution >= 0.6 is 0 Å². The molecule has 1 amide bonds. The van der Waals surface area contributed by atoms with Crippen molar-refractivity contribution in [3.8, 4) is 0 Å². The molecule has 0 fully saturated rings. The molecule has 5 heteroatoms. The average Bonchev–Trinajstić information content (AvgIpc) is 2.15. The molecule has 14 heavy (non-hydrogen) atoms. The average molecular weight is 191 g/mol. The Morgan fingerprint density at radius 3 is 2.29 bits per heavy atom. The monoisotopic (exact) mass is 191 g/mol. The number of primary amides is 1. The highest BCUT2D eigenvalue weighted by Gasteiger charge is 2.11. The molecule has 1 aromatic carbocycles. The summed E-state index contributed by atoms with van der Waals surface area (Å²) in [6.07, 6.45) is 0. The molecule has 1 rings (SSSR count). The van der Waals surface area contributed by atoms with E-state index >= 15 is 0 Å². The predicted molar refractivity (Wildman–Crippen MR) is 53.8 cm³/mol. The molecule has 0 atom stereocenters. The summed E-state index contributed by atoms with van der Waals surface area (Å²) in [7, 11) is -1.68. The first-order chi connectivity index (χ1) is 6.61. The fraction of sp³-hybridized carbons (Fsp3) is 0. The van der Waals surface area contributed by atoms with Crippen LogP contribution in [0.15, 0.2) is 36.3 Å². The third-order valence-corrected chi connectivity index (χ3v) is 1.67. The zero-order chi connectivity index (χ0) is 10.6. The van der Waals surface area contributed by atoms with Crippen molar-refractivity contribution < 1.29 is 14.8 Å². The van der Waals surface area contributed by atoms with Gasteiger partial charge in [-0.1, -0.05) is 30.3 Å². The van der Waals surface area contributed by atoms with Crippen LogP contribution in [0.2, 0.25) is 0 Å². The lowest BCUT2D eigenvalue weighted by Gasteiger charge is -2.02. The molecule has 0 spiro atoms. The molecule has 4 N–H and O–H groups in total. The molecule has 0 saturated carbocycles. The van der Waals surface area contributed by atoms with Gasteiger partial charge in [-0.25, -0.2) is 0 Å². The largest absolute Gasteiger partial charge is 0.481 e. The lowest BCUT2D eigenvalue weighted by molar-refractivity contribution is -0.112. The predicted octanol–water partition coefficient (Wildman–Crippen LogP) is -0.433. The summed E-state index contributed by atoms with van der Waals surface area (Å²) in [4.78, 5) is 11.0. The Kier molecular flexibility index (Phi) is 3.44. The number of hydrogen-bond donors (Lipinski definition) is 3. The van der Waals surface area contributed by atoms with Crippen molar-refractivity contribution in [2.75, 3.05) is 0 Å². The fourth-order valence-electron chi connectivity index (χ4n) is 1.09. The second kappa shape index (κ2) is 4.60. The van der Waals surface area contributed by atoms with E-state index in [0.29, 0.717) is 5.56 Å². The van der Waals surface area contributed by atoms with E-state index in [9.17, 15) is 4.79 Å². The minimum atomic E-state index is -1.68. The van der Waals surface area contributed by atoms with Crippen molar-refractivity contribution in [1.29, 1.82) is 0 Å². The van der Waals surface area contributed by atoms with Gasteiger partial charge in [0.2, 0.25) is 5.91 Å². The summed E-state index contributed by atoms with van der Waals surface area (Å²) in [5.41, 5.74) is 5.75. The molecule has 0 aromatic heterocycles. The highest BCUT2D eigenvalue weighted by Crippen LogP contribution is 2.12. The molecule has 0 saturated heterocycles. The van der Waals surface area contributed by atoms with Gasteiger partial charge in [-0.15, -0.1) is 0 Å². The molecular weight excluding hydrogens is 181 g/mol. The zero-order valence-electron chi connectivity index (χ0n) is 7.42. The number of carbonyl (C=O) groups excluding carboxylic acids is 1. The minimum Gasteiger partial charge on any atom is -0.424 e. The van der Waals surface area contributed by atoms with Crippen molar-refractivity contribution in [1.82, 2.24) is 0 Å². The number of carbonyl (C=O) groups is 1. The zero-order valence-corrected chi connectivity index (χ0v) is 7.42. The summed E-state index contributed by atoms with van der Waals surface area (Å²) in [5.74, 6) is 0.307. The molecule has 72 valence electrons. The van der Waals surface area contributed by atoms with Crippen molar-refractivity contribution in [2.24, 2.45) is 5.73 Å². The Labute approximate surface area is 81.8 Å². The summed E-state index contributed by atoms with van der Waals surface area (Å²) in [6.45, 7) is 0. The van der Waals surface area contributed by atoms with E-state index in [0.717, 1.165) is 5.98 Å². The number of benzene rings is 1. The number of rotatable bonds is 3. The summed E-state index contributed by atoms with van der Waals surface area (Å²) >= 11 is 0. The first-order valence-corrected chi connectivity index (χ1v) is 4.04. The molecule has 0 aliphatic heterocycles. The summed E-state index contributed by atoms with van der Waals surface area (Å²) in [5, 5.41) is 17.4. The second-order valence-electron chi connectivity index (χ2n) is 2.72. The third kappa shape index (κ3) is 2.72. The van der Waals surface area contributed by atoms with Crippen LogP contribution in [0.3, 0.4) is 0 Å². The first-order valence-electron chi connectivity index (χ1n) is 4.04. The van der Waals surface area contributed by atoms with Gasteiger partial charge in [0.15, 0.2) is 0 Å². The van der Waals surface area contributed by atoms with Gasteiger partial charge >= 0.3 is 7.12 Å². The standard InChI is InChI=1S/C9H10BNO3/c11-9(12)8(6-10(13)14)7-4-2-1-3-5-7/h1-6,13-14H,(H2,11,12). The van der Waals surface area contributed by atoms with E-state index in [1.807, 2.05) is 0 Å². The highest BCUT2D eigenvalue weighted by molar-refractivity contribution is 6.51. The van der Waals surface area contributed by atoms with Crippen LogP contribution in [0.1, 0.15) is 5.56 Å². The lowest BCUT2D eigenvalue weighted by Crippen LogP contribution is -2.17. The van der Waals surface area contributed by atoms with Gasteiger partial charge in [0.1, 0.15) is 0 Å². The molecule has 0 bridgehead atoms. The highest BCUT2D eigenvalue weighted by atomic mass is 16.4. The summed E-state index contributed by atoms with van der Waals surface area (Å²) < 4.78 is 0.